The van der Waals surface area contributed by atoms with Gasteiger partial charge in [-0.25, -0.2) is 0 Å². The fraction of sp³-hybridized carbons (Fsp3) is 0.848. The first-order chi connectivity index (χ1) is 20.4. The molecule has 1 rings (SSSR count). The van der Waals surface area contributed by atoms with E-state index in [4.69, 9.17) is 9.47 Å². The van der Waals surface area contributed by atoms with E-state index in [0.29, 0.717) is 12.8 Å². The molecule has 250 valence electrons. The Labute approximate surface area is 259 Å². The normalized spacial score (nSPS) is 20.7. The van der Waals surface area contributed by atoms with Crippen molar-refractivity contribution in [1.29, 1.82) is 0 Å². The molecule has 0 aromatic carbocycles. The number of carbonyl (C=O) groups excluding carboxylic acids is 3. The summed E-state index contributed by atoms with van der Waals surface area (Å²) in [6.45, 7) is 8.55. The van der Waals surface area contributed by atoms with E-state index in [0.717, 1.165) is 25.2 Å². The van der Waals surface area contributed by atoms with Crippen molar-refractivity contribution in [3.8, 4) is 0 Å². The fourth-order valence-corrected chi connectivity index (χ4v) is 5.25. The van der Waals surface area contributed by atoms with Crippen LogP contribution in [0.3, 0.4) is 0 Å². The Morgan fingerprint density at radius 1 is 0.907 bits per heavy atom. The van der Waals surface area contributed by atoms with E-state index in [9.17, 15) is 29.7 Å². The number of rotatable bonds is 21. The molecule has 1 fully saturated rings. The van der Waals surface area contributed by atoms with Crippen molar-refractivity contribution in [2.24, 2.45) is 11.8 Å². The Hall–Kier alpha value is -2.01. The van der Waals surface area contributed by atoms with E-state index in [1.807, 2.05) is 13.8 Å². The van der Waals surface area contributed by atoms with Crippen LogP contribution in [0.2, 0.25) is 0 Å². The number of esters is 1. The molecule has 1 aliphatic rings. The molecule has 43 heavy (non-hydrogen) atoms. The van der Waals surface area contributed by atoms with Crippen molar-refractivity contribution >= 4 is 17.8 Å². The highest BCUT2D eigenvalue weighted by Gasteiger charge is 2.38. The highest BCUT2D eigenvalue weighted by molar-refractivity contribution is 5.89. The number of aliphatic hydroxyl groups excluding tert-OH is 3. The number of likely N-dealkylation sites (tertiary alicyclic amines) is 1. The zero-order valence-electron chi connectivity index (χ0n) is 27.5. The number of methoxy groups -OCH3 is 1. The highest BCUT2D eigenvalue weighted by Crippen LogP contribution is 2.18. The van der Waals surface area contributed by atoms with Crippen LogP contribution in [-0.2, 0) is 23.9 Å². The summed E-state index contributed by atoms with van der Waals surface area (Å²) in [6, 6.07) is -0.913. The van der Waals surface area contributed by atoms with Crippen molar-refractivity contribution in [3.63, 3.8) is 0 Å². The van der Waals surface area contributed by atoms with Gasteiger partial charge in [-0.2, -0.15) is 0 Å². The second kappa shape index (κ2) is 21.7. The monoisotopic (exact) mass is 612 g/mol. The van der Waals surface area contributed by atoms with Gasteiger partial charge in [0.25, 0.3) is 5.91 Å². The summed E-state index contributed by atoms with van der Waals surface area (Å²) in [5.41, 5.74) is 0. The van der Waals surface area contributed by atoms with Gasteiger partial charge in [-0.15, -0.1) is 0 Å². The average Bonchev–Trinajstić information content (AvgIpc) is 3.07. The lowest BCUT2D eigenvalue weighted by molar-refractivity contribution is -0.151. The number of hydrogen-bond acceptors (Lipinski definition) is 8. The lowest BCUT2D eigenvalue weighted by atomic mass is 10.00. The smallest absolute Gasteiger partial charge is 0.306 e. The molecule has 6 unspecified atom stereocenters. The molecule has 4 N–H and O–H groups in total. The molecule has 1 aliphatic heterocycles. The zero-order valence-corrected chi connectivity index (χ0v) is 27.5. The number of likely N-dealkylation sites (N-methyl/N-ethyl adjacent to an activating group) is 1. The molecule has 0 aromatic rings. The van der Waals surface area contributed by atoms with Crippen LogP contribution in [0.5, 0.6) is 0 Å². The highest BCUT2D eigenvalue weighted by atomic mass is 16.5. The third kappa shape index (κ3) is 16.0. The molecule has 0 aromatic heterocycles. The Morgan fingerprint density at radius 3 is 2.05 bits per heavy atom. The second-order valence-corrected chi connectivity index (χ2v) is 12.8. The first-order valence-electron chi connectivity index (χ1n) is 16.4. The van der Waals surface area contributed by atoms with Crippen LogP contribution in [-0.4, -0.2) is 95.3 Å². The Balaban J connectivity index is 2.44. The van der Waals surface area contributed by atoms with Crippen LogP contribution < -0.4 is 5.32 Å². The minimum Gasteiger partial charge on any atom is -0.460 e. The molecule has 6 atom stereocenters. The van der Waals surface area contributed by atoms with Crippen LogP contribution in [0, 0.1) is 11.8 Å². The Bertz CT molecular complexity index is 834. The zero-order chi connectivity index (χ0) is 32.4. The summed E-state index contributed by atoms with van der Waals surface area (Å²) in [7, 11) is 2.78. The number of unbranched alkanes of at least 4 members (excludes halogenated alkanes) is 8. The topological polar surface area (TPSA) is 146 Å². The maximum Gasteiger partial charge on any atom is 0.306 e. The summed E-state index contributed by atoms with van der Waals surface area (Å²) in [4.78, 5) is 39.8. The maximum absolute atomic E-state index is 13.0. The lowest BCUT2D eigenvalue weighted by Crippen LogP contribution is -2.55. The van der Waals surface area contributed by atoms with Crippen molar-refractivity contribution < 1.29 is 39.2 Å². The molecular weight excluding hydrogens is 552 g/mol. The van der Waals surface area contributed by atoms with Gasteiger partial charge in [-0.05, 0) is 31.1 Å². The maximum atomic E-state index is 13.0. The van der Waals surface area contributed by atoms with E-state index in [-0.39, 0.29) is 30.8 Å². The standard InChI is InChI=1S/C33H60N2O8/c1-23(2)16-14-12-10-8-7-9-11-13-15-17-28(37)43-25-19-20-26(33(41)35(5)22-25)34-32(40)31(42-6)30(39)29(38)27(36)21-18-24(3)4/h18,21,23-27,29-31,36,38-39H,7-17,19-20,22H2,1-6H3,(H,34,40). The van der Waals surface area contributed by atoms with Gasteiger partial charge < -0.3 is 35.0 Å². The average molecular weight is 613 g/mol. The van der Waals surface area contributed by atoms with Gasteiger partial charge >= 0.3 is 5.97 Å². The van der Waals surface area contributed by atoms with Gasteiger partial charge in [0, 0.05) is 20.6 Å². The molecule has 0 saturated carbocycles. The summed E-state index contributed by atoms with van der Waals surface area (Å²) in [5, 5.41) is 33.6. The molecule has 1 saturated heterocycles. The number of nitrogens with one attached hydrogen (secondary N) is 1. The molecule has 2 amide bonds. The number of nitrogens with zero attached hydrogens (tertiary/aromatic N) is 1. The van der Waals surface area contributed by atoms with E-state index in [2.05, 4.69) is 19.2 Å². The van der Waals surface area contributed by atoms with Crippen molar-refractivity contribution in [2.45, 2.75) is 148 Å². The van der Waals surface area contributed by atoms with Crippen LogP contribution in [0.1, 0.15) is 111 Å². The lowest BCUT2D eigenvalue weighted by Gasteiger charge is -2.28. The summed E-state index contributed by atoms with van der Waals surface area (Å²) < 4.78 is 10.8. The Morgan fingerprint density at radius 2 is 1.49 bits per heavy atom. The predicted molar refractivity (Wildman–Crippen MR) is 167 cm³/mol. The number of hydrogen-bond donors (Lipinski definition) is 4. The van der Waals surface area contributed by atoms with Gasteiger partial charge in [0.2, 0.25) is 5.91 Å². The first-order valence-corrected chi connectivity index (χ1v) is 16.4. The largest absolute Gasteiger partial charge is 0.460 e. The summed E-state index contributed by atoms with van der Waals surface area (Å²) >= 11 is 0. The van der Waals surface area contributed by atoms with E-state index >= 15 is 0 Å². The second-order valence-electron chi connectivity index (χ2n) is 12.8. The number of aliphatic hydroxyl groups is 3. The third-order valence-electron chi connectivity index (χ3n) is 7.92. The number of carbonyl (C=O) groups is 3. The van der Waals surface area contributed by atoms with E-state index in [1.54, 1.807) is 13.1 Å². The minimum absolute atomic E-state index is 0.121. The quantitative estimate of drug-likeness (QED) is 0.0868. The van der Waals surface area contributed by atoms with E-state index in [1.165, 1.54) is 63.0 Å². The predicted octanol–water partition coefficient (Wildman–Crippen LogP) is 3.89. The van der Waals surface area contributed by atoms with Crippen LogP contribution >= 0.6 is 0 Å². The molecule has 10 nitrogen and oxygen atoms in total. The SMILES string of the molecule is COC(C(=O)NC1CCC(OC(=O)CCCCCCCCCCCC(C)C)CN(C)C1=O)C(O)C(O)C(O)C=CC(C)C. The van der Waals surface area contributed by atoms with E-state index < -0.39 is 42.5 Å². The minimum atomic E-state index is -1.73. The van der Waals surface area contributed by atoms with Gasteiger partial charge in [0.15, 0.2) is 6.10 Å². The van der Waals surface area contributed by atoms with Crippen LogP contribution in [0.15, 0.2) is 12.2 Å². The van der Waals surface area contributed by atoms with Crippen LogP contribution in [0.25, 0.3) is 0 Å². The first kappa shape index (κ1) is 39.0. The van der Waals surface area contributed by atoms with Gasteiger partial charge in [0.1, 0.15) is 30.5 Å². The number of allylic oxidation sites excluding steroid dienone is 1. The fourth-order valence-electron chi connectivity index (χ4n) is 5.25. The molecule has 1 heterocycles. The van der Waals surface area contributed by atoms with Crippen LogP contribution in [0.4, 0.5) is 0 Å². The molecule has 0 spiro atoms. The van der Waals surface area contributed by atoms with Crippen molar-refractivity contribution in [3.05, 3.63) is 12.2 Å². The summed E-state index contributed by atoms with van der Waals surface area (Å²) in [5.74, 6) is -0.506. The van der Waals surface area contributed by atoms with Crippen molar-refractivity contribution in [1.82, 2.24) is 10.2 Å². The summed E-state index contributed by atoms with van der Waals surface area (Å²) in [6.07, 6.45) is 9.05. The van der Waals surface area contributed by atoms with Gasteiger partial charge in [-0.1, -0.05) is 97.6 Å². The number of ether oxygens (including phenoxy) is 2. The molecule has 0 radical (unpaired) electrons. The van der Waals surface area contributed by atoms with Gasteiger partial charge in [0.05, 0.1) is 6.54 Å². The molecule has 0 aliphatic carbocycles. The van der Waals surface area contributed by atoms with Gasteiger partial charge in [-0.3, -0.25) is 14.4 Å². The third-order valence-corrected chi connectivity index (χ3v) is 7.92. The number of amides is 2. The Kier molecular flexibility index (Phi) is 19.6. The molecule has 10 heteroatoms. The molecule has 0 bridgehead atoms. The van der Waals surface area contributed by atoms with Crippen molar-refractivity contribution in [2.75, 3.05) is 20.7 Å². The molecular formula is C33H60N2O8.